The van der Waals surface area contributed by atoms with E-state index in [2.05, 4.69) is 43.4 Å². The molecule has 0 saturated carbocycles. The second-order valence-corrected chi connectivity index (χ2v) is 5.74. The summed E-state index contributed by atoms with van der Waals surface area (Å²) in [6.45, 7) is 2.28. The first-order valence-corrected chi connectivity index (χ1v) is 8.73. The highest BCUT2D eigenvalue weighted by molar-refractivity contribution is 5.50. The molecule has 1 aromatic carbocycles. The highest BCUT2D eigenvalue weighted by Crippen LogP contribution is 2.10. The van der Waals surface area contributed by atoms with Crippen LogP contribution in [0, 0.1) is 6.07 Å². The molecule has 21 heavy (non-hydrogen) atoms. The molecule has 0 N–H and O–H groups in total. The van der Waals surface area contributed by atoms with E-state index < -0.39 is 0 Å². The minimum atomic E-state index is 1.21. The zero-order valence-electron chi connectivity index (χ0n) is 13.7. The van der Waals surface area contributed by atoms with Crippen LogP contribution >= 0.6 is 0 Å². The van der Waals surface area contributed by atoms with Crippen LogP contribution in [0.3, 0.4) is 0 Å². The lowest BCUT2D eigenvalue weighted by Crippen LogP contribution is -1.80. The van der Waals surface area contributed by atoms with Crippen molar-refractivity contribution in [2.45, 2.75) is 71.1 Å². The SMILES string of the molecule is CCCCCCCCCCCC=CC=Cc1c[c]ccc1. The summed E-state index contributed by atoms with van der Waals surface area (Å²) in [6, 6.07) is 11.1. The van der Waals surface area contributed by atoms with Crippen molar-refractivity contribution >= 4 is 6.08 Å². The Kier molecular flexibility index (Phi) is 11.6. The predicted molar refractivity (Wildman–Crippen MR) is 95.3 cm³/mol. The van der Waals surface area contributed by atoms with Crippen LogP contribution in [0.15, 0.2) is 42.5 Å². The molecule has 1 rings (SSSR count). The maximum absolute atomic E-state index is 3.08. The molecular formula is C21H31. The normalized spacial score (nSPS) is 11.7. The van der Waals surface area contributed by atoms with Crippen molar-refractivity contribution in [3.8, 4) is 0 Å². The number of rotatable bonds is 12. The van der Waals surface area contributed by atoms with Crippen molar-refractivity contribution in [1.29, 1.82) is 0 Å². The fourth-order valence-electron chi connectivity index (χ4n) is 2.43. The Balaban J connectivity index is 1.90. The van der Waals surface area contributed by atoms with Crippen LogP contribution in [-0.2, 0) is 0 Å². The molecule has 0 heterocycles. The first kappa shape index (κ1) is 17.8. The molecule has 1 radical (unpaired) electrons. The molecule has 0 amide bonds. The van der Waals surface area contributed by atoms with E-state index in [0.717, 1.165) is 0 Å². The largest absolute Gasteiger partial charge is 0.0845 e. The molecule has 0 unspecified atom stereocenters. The molecule has 0 aliphatic rings. The first-order valence-electron chi connectivity index (χ1n) is 8.73. The van der Waals surface area contributed by atoms with Gasteiger partial charge in [0, 0.05) is 0 Å². The van der Waals surface area contributed by atoms with Crippen molar-refractivity contribution in [2.24, 2.45) is 0 Å². The zero-order valence-corrected chi connectivity index (χ0v) is 13.7. The predicted octanol–water partition coefficient (Wildman–Crippen LogP) is 6.98. The Morgan fingerprint density at radius 3 is 2.29 bits per heavy atom. The molecule has 0 fully saturated rings. The van der Waals surface area contributed by atoms with Gasteiger partial charge in [-0.3, -0.25) is 0 Å². The molecule has 0 aliphatic heterocycles. The van der Waals surface area contributed by atoms with Crippen molar-refractivity contribution in [2.75, 3.05) is 0 Å². The van der Waals surface area contributed by atoms with Gasteiger partial charge in [0.2, 0.25) is 0 Å². The van der Waals surface area contributed by atoms with Crippen molar-refractivity contribution in [3.05, 3.63) is 54.1 Å². The van der Waals surface area contributed by atoms with Gasteiger partial charge in [-0.15, -0.1) is 0 Å². The Morgan fingerprint density at radius 2 is 1.62 bits per heavy atom. The molecular weight excluding hydrogens is 252 g/mol. The molecule has 0 atom stereocenters. The summed E-state index contributed by atoms with van der Waals surface area (Å²) in [6.07, 6.45) is 22.5. The Bertz CT molecular complexity index is 372. The highest BCUT2D eigenvalue weighted by atomic mass is 14.0. The third-order valence-corrected chi connectivity index (χ3v) is 3.74. The average molecular weight is 283 g/mol. The molecule has 0 aliphatic carbocycles. The minimum Gasteiger partial charge on any atom is -0.0845 e. The molecule has 0 nitrogen and oxygen atoms in total. The minimum absolute atomic E-state index is 1.21. The van der Waals surface area contributed by atoms with Crippen LogP contribution in [-0.4, -0.2) is 0 Å². The molecule has 0 saturated heterocycles. The molecule has 0 aromatic heterocycles. The van der Waals surface area contributed by atoms with Crippen LogP contribution in [0.4, 0.5) is 0 Å². The van der Waals surface area contributed by atoms with Gasteiger partial charge in [0.05, 0.1) is 0 Å². The summed E-state index contributed by atoms with van der Waals surface area (Å²) >= 11 is 0. The van der Waals surface area contributed by atoms with Gasteiger partial charge < -0.3 is 0 Å². The van der Waals surface area contributed by atoms with Gasteiger partial charge in [0.15, 0.2) is 0 Å². The quantitative estimate of drug-likeness (QED) is 0.287. The van der Waals surface area contributed by atoms with Gasteiger partial charge in [0.25, 0.3) is 0 Å². The van der Waals surface area contributed by atoms with Gasteiger partial charge in [-0.25, -0.2) is 0 Å². The average Bonchev–Trinajstić information content (AvgIpc) is 2.53. The summed E-state index contributed by atoms with van der Waals surface area (Å²) in [4.78, 5) is 0. The molecule has 115 valence electrons. The van der Waals surface area contributed by atoms with Crippen LogP contribution < -0.4 is 0 Å². The van der Waals surface area contributed by atoms with E-state index in [1.807, 2.05) is 18.2 Å². The lowest BCUT2D eigenvalue weighted by molar-refractivity contribution is 0.566. The van der Waals surface area contributed by atoms with Crippen LogP contribution in [0.5, 0.6) is 0 Å². The van der Waals surface area contributed by atoms with E-state index in [4.69, 9.17) is 0 Å². The van der Waals surface area contributed by atoms with Gasteiger partial charge >= 0.3 is 0 Å². The van der Waals surface area contributed by atoms with Crippen LogP contribution in [0.1, 0.15) is 76.7 Å². The molecule has 0 spiro atoms. The second-order valence-electron chi connectivity index (χ2n) is 5.74. The number of allylic oxidation sites excluding steroid dienone is 3. The summed E-state index contributed by atoms with van der Waals surface area (Å²) in [5, 5.41) is 0. The zero-order chi connectivity index (χ0) is 15.0. The number of benzene rings is 1. The molecule has 0 bridgehead atoms. The standard InChI is InChI=1S/C21H31/c1-2-3-4-5-6-7-8-9-10-11-12-13-15-18-21-19-16-14-17-20-21/h12-16,18-20H,2-11H2,1H3. The lowest BCUT2D eigenvalue weighted by atomic mass is 10.1. The Labute approximate surface area is 132 Å². The third kappa shape index (κ3) is 11.1. The summed E-state index contributed by atoms with van der Waals surface area (Å²) < 4.78 is 0. The third-order valence-electron chi connectivity index (χ3n) is 3.74. The topological polar surface area (TPSA) is 0 Å². The number of unbranched alkanes of at least 4 members (excludes halogenated alkanes) is 9. The summed E-state index contributed by atoms with van der Waals surface area (Å²) in [5.41, 5.74) is 1.21. The summed E-state index contributed by atoms with van der Waals surface area (Å²) in [7, 11) is 0. The Morgan fingerprint density at radius 1 is 0.905 bits per heavy atom. The van der Waals surface area contributed by atoms with Gasteiger partial charge in [-0.1, -0.05) is 101 Å². The van der Waals surface area contributed by atoms with E-state index >= 15 is 0 Å². The molecule has 0 heteroatoms. The second kappa shape index (κ2) is 13.7. The summed E-state index contributed by atoms with van der Waals surface area (Å²) in [5.74, 6) is 0. The van der Waals surface area contributed by atoms with E-state index in [1.165, 1.54) is 69.8 Å². The monoisotopic (exact) mass is 283 g/mol. The van der Waals surface area contributed by atoms with Crippen molar-refractivity contribution < 1.29 is 0 Å². The van der Waals surface area contributed by atoms with Crippen molar-refractivity contribution in [3.63, 3.8) is 0 Å². The number of hydrogen-bond donors (Lipinski definition) is 0. The maximum Gasteiger partial charge on any atom is -0.0178 e. The van der Waals surface area contributed by atoms with E-state index in [9.17, 15) is 0 Å². The van der Waals surface area contributed by atoms with E-state index in [1.54, 1.807) is 0 Å². The fourth-order valence-corrected chi connectivity index (χ4v) is 2.43. The fraction of sp³-hybridized carbons (Fsp3) is 0.524. The van der Waals surface area contributed by atoms with E-state index in [-0.39, 0.29) is 0 Å². The van der Waals surface area contributed by atoms with Crippen LogP contribution in [0.25, 0.3) is 6.08 Å². The number of hydrogen-bond acceptors (Lipinski definition) is 0. The Hall–Kier alpha value is -1.30. The van der Waals surface area contributed by atoms with E-state index in [0.29, 0.717) is 0 Å². The highest BCUT2D eigenvalue weighted by Gasteiger charge is 1.90. The lowest BCUT2D eigenvalue weighted by Gasteiger charge is -2.00. The maximum atomic E-state index is 3.08. The van der Waals surface area contributed by atoms with Gasteiger partial charge in [-0.2, -0.15) is 0 Å². The van der Waals surface area contributed by atoms with Gasteiger partial charge in [-0.05, 0) is 30.5 Å². The smallest absolute Gasteiger partial charge is 0.0178 e. The van der Waals surface area contributed by atoms with Crippen LogP contribution in [0.2, 0.25) is 0 Å². The van der Waals surface area contributed by atoms with Gasteiger partial charge in [0.1, 0.15) is 0 Å². The first-order chi connectivity index (χ1) is 10.4. The van der Waals surface area contributed by atoms with Crippen molar-refractivity contribution in [1.82, 2.24) is 0 Å². The molecule has 1 aromatic rings.